The van der Waals surface area contributed by atoms with Crippen molar-refractivity contribution in [3.8, 4) is 0 Å². The number of nitrogens with zero attached hydrogens (tertiary/aromatic N) is 1. The number of hydrogen-bond donors (Lipinski definition) is 3. The smallest absolute Gasteiger partial charge is 0.251 e. The molecule has 1 atom stereocenters. The van der Waals surface area contributed by atoms with Gasteiger partial charge in [-0.05, 0) is 75.0 Å². The fraction of sp³-hybridized carbons (Fsp3) is 0.636. The molecule has 2 aliphatic rings. The maximum Gasteiger partial charge on any atom is 0.251 e. The first-order valence-electron chi connectivity index (χ1n) is 11.0. The summed E-state index contributed by atoms with van der Waals surface area (Å²) in [7, 11) is -1.53. The monoisotopic (exact) mass is 450 g/mol. The molecule has 31 heavy (non-hydrogen) atoms. The molecule has 8 nitrogen and oxygen atoms in total. The van der Waals surface area contributed by atoms with Crippen LogP contribution in [0.25, 0.3) is 0 Å². The van der Waals surface area contributed by atoms with Gasteiger partial charge in [-0.15, -0.1) is 0 Å². The Balaban J connectivity index is 1.44. The van der Waals surface area contributed by atoms with Crippen LogP contribution in [0.4, 0.5) is 5.69 Å². The summed E-state index contributed by atoms with van der Waals surface area (Å²) >= 11 is 0. The van der Waals surface area contributed by atoms with Gasteiger partial charge < -0.3 is 16.0 Å². The molecule has 172 valence electrons. The molecule has 0 unspecified atom stereocenters. The molecule has 2 amide bonds. The number of sulfonamides is 1. The molecular formula is C22H34N4O4S. The first-order chi connectivity index (χ1) is 14.6. The highest BCUT2D eigenvalue weighted by Crippen LogP contribution is 2.32. The van der Waals surface area contributed by atoms with Gasteiger partial charge >= 0.3 is 0 Å². The van der Waals surface area contributed by atoms with Crippen LogP contribution in [-0.2, 0) is 14.8 Å². The van der Waals surface area contributed by atoms with Crippen LogP contribution in [0, 0.1) is 11.8 Å². The van der Waals surface area contributed by atoms with Gasteiger partial charge in [-0.3, -0.25) is 14.3 Å². The molecule has 0 radical (unpaired) electrons. The third kappa shape index (κ3) is 6.43. The number of nitrogens with one attached hydrogen (secondary N) is 2. The van der Waals surface area contributed by atoms with E-state index in [1.807, 2.05) is 11.9 Å². The first-order valence-corrected chi connectivity index (χ1v) is 12.9. The second-order valence-corrected chi connectivity index (χ2v) is 10.8. The minimum Gasteiger partial charge on any atom is -0.352 e. The Morgan fingerprint density at radius 1 is 1.16 bits per heavy atom. The van der Waals surface area contributed by atoms with Crippen LogP contribution < -0.4 is 15.8 Å². The van der Waals surface area contributed by atoms with E-state index in [9.17, 15) is 18.0 Å². The van der Waals surface area contributed by atoms with Gasteiger partial charge in [0.1, 0.15) is 0 Å². The largest absolute Gasteiger partial charge is 0.352 e. The van der Waals surface area contributed by atoms with E-state index >= 15 is 0 Å². The van der Waals surface area contributed by atoms with E-state index in [0.29, 0.717) is 29.8 Å². The molecule has 9 heteroatoms. The molecule has 0 bridgehead atoms. The van der Waals surface area contributed by atoms with Crippen molar-refractivity contribution in [1.29, 1.82) is 0 Å². The Bertz CT molecular complexity index is 893. The van der Waals surface area contributed by atoms with Crippen molar-refractivity contribution in [2.45, 2.75) is 57.0 Å². The second kappa shape index (κ2) is 9.99. The van der Waals surface area contributed by atoms with Gasteiger partial charge in [-0.2, -0.15) is 0 Å². The van der Waals surface area contributed by atoms with Gasteiger partial charge in [0.15, 0.2) is 0 Å². The zero-order chi connectivity index (χ0) is 22.6. The minimum absolute atomic E-state index is 0.0593. The Morgan fingerprint density at radius 2 is 1.84 bits per heavy atom. The normalized spacial score (nSPS) is 22.8. The molecule has 2 saturated carbocycles. The Kier molecular flexibility index (Phi) is 7.59. The Hall–Kier alpha value is -2.13. The standard InChI is InChI=1S/C22H34N4O4S/c1-26(19-7-4-8-19)22(28)20(23)16-11-9-15(10-12-16)14-24-21(27)17-5-3-6-18(13-17)25-31(2,29)30/h3,5-6,13,15-16,19-20,25H,4,7-12,14,23H2,1-2H3,(H,24,27)/t15?,16?,20-/m0/s1. The number of carbonyl (C=O) groups is 2. The molecule has 2 fully saturated rings. The van der Waals surface area contributed by atoms with Crippen molar-refractivity contribution < 1.29 is 18.0 Å². The molecule has 0 saturated heterocycles. The predicted molar refractivity (Wildman–Crippen MR) is 121 cm³/mol. The van der Waals surface area contributed by atoms with Crippen LogP contribution in [0.5, 0.6) is 0 Å². The van der Waals surface area contributed by atoms with E-state index in [4.69, 9.17) is 5.73 Å². The van der Waals surface area contributed by atoms with E-state index in [2.05, 4.69) is 10.0 Å². The fourth-order valence-corrected chi connectivity index (χ4v) is 4.97. The lowest BCUT2D eigenvalue weighted by atomic mass is 9.78. The molecule has 0 spiro atoms. The first kappa shape index (κ1) is 23.5. The summed E-state index contributed by atoms with van der Waals surface area (Å²) < 4.78 is 25.1. The molecular weight excluding hydrogens is 416 g/mol. The van der Waals surface area contributed by atoms with Crippen molar-refractivity contribution in [2.24, 2.45) is 17.6 Å². The SMILES string of the molecule is CN(C(=O)[C@@H](N)C1CCC(CNC(=O)c2cccc(NS(C)(=O)=O)c2)CC1)C1CCC1. The fourth-order valence-electron chi connectivity index (χ4n) is 4.42. The van der Waals surface area contributed by atoms with Crippen LogP contribution in [-0.4, -0.2) is 57.1 Å². The average molecular weight is 451 g/mol. The van der Waals surface area contributed by atoms with Crippen LogP contribution in [0.1, 0.15) is 55.3 Å². The van der Waals surface area contributed by atoms with Crippen LogP contribution in [0.3, 0.4) is 0 Å². The lowest BCUT2D eigenvalue weighted by Crippen LogP contribution is -2.52. The average Bonchev–Trinajstić information content (AvgIpc) is 2.69. The maximum absolute atomic E-state index is 12.6. The molecule has 0 aliphatic heterocycles. The molecule has 1 aromatic carbocycles. The van der Waals surface area contributed by atoms with E-state index in [-0.39, 0.29) is 17.7 Å². The van der Waals surface area contributed by atoms with Gasteiger partial charge in [-0.1, -0.05) is 6.07 Å². The van der Waals surface area contributed by atoms with E-state index in [1.165, 1.54) is 12.5 Å². The van der Waals surface area contributed by atoms with Crippen LogP contribution >= 0.6 is 0 Å². The lowest BCUT2D eigenvalue weighted by Gasteiger charge is -2.38. The number of likely N-dealkylation sites (N-methyl/N-ethyl adjacent to an activating group) is 1. The number of hydrogen-bond acceptors (Lipinski definition) is 5. The number of benzene rings is 1. The van der Waals surface area contributed by atoms with Crippen LogP contribution in [0.2, 0.25) is 0 Å². The quantitative estimate of drug-likeness (QED) is 0.559. The number of anilines is 1. The summed E-state index contributed by atoms with van der Waals surface area (Å²) in [5.41, 5.74) is 7.07. The third-order valence-electron chi connectivity index (χ3n) is 6.63. The third-order valence-corrected chi connectivity index (χ3v) is 7.24. The van der Waals surface area contributed by atoms with Crippen molar-refractivity contribution in [3.05, 3.63) is 29.8 Å². The molecule has 1 aromatic rings. The summed E-state index contributed by atoms with van der Waals surface area (Å²) in [5, 5.41) is 2.95. The van der Waals surface area contributed by atoms with Gasteiger partial charge in [0.25, 0.3) is 5.91 Å². The maximum atomic E-state index is 12.6. The van der Waals surface area contributed by atoms with E-state index in [1.54, 1.807) is 18.2 Å². The number of carbonyl (C=O) groups excluding carboxylic acids is 2. The van der Waals surface area contributed by atoms with Gasteiger partial charge in [0.05, 0.1) is 12.3 Å². The zero-order valence-electron chi connectivity index (χ0n) is 18.3. The summed E-state index contributed by atoms with van der Waals surface area (Å²) in [5.74, 6) is 0.377. The van der Waals surface area contributed by atoms with Gasteiger partial charge in [0.2, 0.25) is 15.9 Å². The van der Waals surface area contributed by atoms with Crippen molar-refractivity contribution in [1.82, 2.24) is 10.2 Å². The summed E-state index contributed by atoms with van der Waals surface area (Å²) in [6.45, 7) is 0.556. The van der Waals surface area contributed by atoms with Gasteiger partial charge in [-0.25, -0.2) is 8.42 Å². The molecule has 4 N–H and O–H groups in total. The van der Waals surface area contributed by atoms with Crippen molar-refractivity contribution in [3.63, 3.8) is 0 Å². The van der Waals surface area contributed by atoms with Crippen molar-refractivity contribution >= 4 is 27.5 Å². The predicted octanol–water partition coefficient (Wildman–Crippen LogP) is 1.93. The van der Waals surface area contributed by atoms with Crippen molar-refractivity contribution in [2.75, 3.05) is 24.6 Å². The van der Waals surface area contributed by atoms with Crippen LogP contribution in [0.15, 0.2) is 24.3 Å². The van der Waals surface area contributed by atoms with E-state index in [0.717, 1.165) is 44.8 Å². The number of nitrogens with two attached hydrogens (primary N) is 1. The Labute approximate surface area is 185 Å². The number of rotatable bonds is 8. The summed E-state index contributed by atoms with van der Waals surface area (Å²) in [4.78, 5) is 27.0. The molecule has 0 heterocycles. The highest BCUT2D eigenvalue weighted by atomic mass is 32.2. The molecule has 0 aromatic heterocycles. The zero-order valence-corrected chi connectivity index (χ0v) is 19.2. The lowest BCUT2D eigenvalue weighted by molar-refractivity contribution is -0.136. The minimum atomic E-state index is -3.40. The van der Waals surface area contributed by atoms with Gasteiger partial charge in [0, 0.05) is 30.9 Å². The number of amides is 2. The summed E-state index contributed by atoms with van der Waals surface area (Å²) in [6.07, 6.45) is 8.04. The molecule has 3 rings (SSSR count). The topological polar surface area (TPSA) is 122 Å². The highest BCUT2D eigenvalue weighted by molar-refractivity contribution is 7.92. The second-order valence-electron chi connectivity index (χ2n) is 9.01. The Morgan fingerprint density at radius 3 is 2.42 bits per heavy atom. The van der Waals surface area contributed by atoms with E-state index < -0.39 is 16.1 Å². The summed E-state index contributed by atoms with van der Waals surface area (Å²) in [6, 6.07) is 6.35. The highest BCUT2D eigenvalue weighted by Gasteiger charge is 2.34. The molecule has 2 aliphatic carbocycles.